The third-order valence-corrected chi connectivity index (χ3v) is 3.94. The molecule has 1 aliphatic carbocycles. The molecule has 0 atom stereocenters. The molecule has 98 valence electrons. The molecule has 1 heterocycles. The van der Waals surface area contributed by atoms with Crippen LogP contribution in [0.3, 0.4) is 0 Å². The smallest absolute Gasteiger partial charge is 0.165 e. The number of para-hydroxylation sites is 1. The lowest BCUT2D eigenvalue weighted by molar-refractivity contribution is 0.278. The van der Waals surface area contributed by atoms with Gasteiger partial charge in [0, 0.05) is 5.56 Å². The van der Waals surface area contributed by atoms with Gasteiger partial charge in [-0.1, -0.05) is 12.1 Å². The maximum absolute atomic E-state index is 13.9. The van der Waals surface area contributed by atoms with E-state index in [-0.39, 0.29) is 5.82 Å². The van der Waals surface area contributed by atoms with Gasteiger partial charge in [-0.3, -0.25) is 0 Å². The molecule has 2 aliphatic rings. The van der Waals surface area contributed by atoms with Gasteiger partial charge >= 0.3 is 0 Å². The number of halogens is 1. The number of piperidine rings is 1. The van der Waals surface area contributed by atoms with Gasteiger partial charge in [-0.05, 0) is 56.7 Å². The first-order valence-corrected chi connectivity index (χ1v) is 6.96. The first-order chi connectivity index (χ1) is 8.84. The van der Waals surface area contributed by atoms with Gasteiger partial charge in [-0.2, -0.15) is 0 Å². The molecule has 1 saturated heterocycles. The van der Waals surface area contributed by atoms with Crippen LogP contribution < -0.4 is 10.1 Å². The fourth-order valence-corrected chi connectivity index (χ4v) is 2.62. The molecule has 0 bridgehead atoms. The molecule has 1 aromatic rings. The lowest BCUT2D eigenvalue weighted by atomic mass is 9.89. The van der Waals surface area contributed by atoms with E-state index < -0.39 is 0 Å². The lowest BCUT2D eigenvalue weighted by Gasteiger charge is -2.25. The summed E-state index contributed by atoms with van der Waals surface area (Å²) < 4.78 is 19.7. The monoisotopic (exact) mass is 249 g/mol. The van der Waals surface area contributed by atoms with Crippen LogP contribution in [0.1, 0.15) is 37.2 Å². The largest absolute Gasteiger partial charge is 0.490 e. The molecular weight excluding hydrogens is 229 g/mol. The van der Waals surface area contributed by atoms with Gasteiger partial charge in [-0.15, -0.1) is 0 Å². The first-order valence-electron chi connectivity index (χ1n) is 6.96. The van der Waals surface area contributed by atoms with E-state index in [4.69, 9.17) is 4.74 Å². The molecule has 1 N–H and O–H groups in total. The Hall–Kier alpha value is -1.09. The van der Waals surface area contributed by atoms with E-state index in [1.807, 2.05) is 6.07 Å². The Morgan fingerprint density at radius 2 is 1.94 bits per heavy atom. The van der Waals surface area contributed by atoms with Crippen LogP contribution in [0.25, 0.3) is 0 Å². The minimum absolute atomic E-state index is 0.202. The number of nitrogens with one attached hydrogen (secondary N) is 1. The third kappa shape index (κ3) is 2.66. The summed E-state index contributed by atoms with van der Waals surface area (Å²) in [5.74, 6) is 1.41. The third-order valence-electron chi connectivity index (χ3n) is 3.94. The molecule has 3 heteroatoms. The van der Waals surface area contributed by atoms with Crippen molar-refractivity contribution in [1.29, 1.82) is 0 Å². The topological polar surface area (TPSA) is 21.3 Å². The summed E-state index contributed by atoms with van der Waals surface area (Å²) in [5.41, 5.74) is 1.07. The molecule has 0 unspecified atom stereocenters. The van der Waals surface area contributed by atoms with Gasteiger partial charge in [0.05, 0.1) is 6.61 Å². The Labute approximate surface area is 108 Å². The van der Waals surface area contributed by atoms with Gasteiger partial charge in [0.25, 0.3) is 0 Å². The van der Waals surface area contributed by atoms with Crippen LogP contribution in [0.2, 0.25) is 0 Å². The van der Waals surface area contributed by atoms with Crippen LogP contribution in [0.4, 0.5) is 4.39 Å². The Morgan fingerprint density at radius 3 is 2.67 bits per heavy atom. The van der Waals surface area contributed by atoms with Crippen molar-refractivity contribution in [3.05, 3.63) is 29.6 Å². The van der Waals surface area contributed by atoms with Crippen molar-refractivity contribution < 1.29 is 9.13 Å². The fourth-order valence-electron chi connectivity index (χ4n) is 2.62. The van der Waals surface area contributed by atoms with Crippen molar-refractivity contribution in [1.82, 2.24) is 5.32 Å². The summed E-state index contributed by atoms with van der Waals surface area (Å²) in [4.78, 5) is 0. The molecule has 0 aromatic heterocycles. The van der Waals surface area contributed by atoms with Crippen molar-refractivity contribution in [2.24, 2.45) is 5.92 Å². The van der Waals surface area contributed by atoms with Gasteiger partial charge in [0.15, 0.2) is 11.6 Å². The van der Waals surface area contributed by atoms with Crippen LogP contribution in [0.15, 0.2) is 18.2 Å². The molecule has 2 fully saturated rings. The van der Waals surface area contributed by atoms with Gasteiger partial charge < -0.3 is 10.1 Å². The summed E-state index contributed by atoms with van der Waals surface area (Å²) in [7, 11) is 0. The fraction of sp³-hybridized carbons (Fsp3) is 0.600. The predicted octanol–water partition coefficient (Wildman–Crippen LogP) is 3.08. The van der Waals surface area contributed by atoms with E-state index in [1.54, 1.807) is 6.07 Å². The Kier molecular flexibility index (Phi) is 3.50. The van der Waals surface area contributed by atoms with E-state index >= 15 is 0 Å². The average Bonchev–Trinajstić information content (AvgIpc) is 3.22. The number of hydrogen-bond acceptors (Lipinski definition) is 2. The number of rotatable bonds is 4. The zero-order chi connectivity index (χ0) is 12.4. The van der Waals surface area contributed by atoms with Crippen molar-refractivity contribution in [3.8, 4) is 5.75 Å². The molecule has 2 nitrogen and oxygen atoms in total. The van der Waals surface area contributed by atoms with Crippen LogP contribution in [0.5, 0.6) is 5.75 Å². The van der Waals surface area contributed by atoms with E-state index in [1.165, 1.54) is 18.9 Å². The number of ether oxygens (including phenoxy) is 1. The second-order valence-electron chi connectivity index (χ2n) is 5.44. The van der Waals surface area contributed by atoms with Gasteiger partial charge in [0.1, 0.15) is 0 Å². The molecule has 18 heavy (non-hydrogen) atoms. The lowest BCUT2D eigenvalue weighted by Crippen LogP contribution is -2.27. The van der Waals surface area contributed by atoms with Crippen LogP contribution in [-0.4, -0.2) is 19.7 Å². The van der Waals surface area contributed by atoms with Crippen LogP contribution in [-0.2, 0) is 0 Å². The van der Waals surface area contributed by atoms with Gasteiger partial charge in [0.2, 0.25) is 0 Å². The second-order valence-corrected chi connectivity index (χ2v) is 5.44. The van der Waals surface area contributed by atoms with Crippen LogP contribution >= 0.6 is 0 Å². The van der Waals surface area contributed by atoms with E-state index in [9.17, 15) is 4.39 Å². The van der Waals surface area contributed by atoms with Crippen LogP contribution in [0, 0.1) is 11.7 Å². The summed E-state index contributed by atoms with van der Waals surface area (Å²) in [6, 6.07) is 5.34. The summed E-state index contributed by atoms with van der Waals surface area (Å²) in [6.07, 6.45) is 4.61. The van der Waals surface area contributed by atoms with Gasteiger partial charge in [-0.25, -0.2) is 4.39 Å². The normalized spacial score (nSPS) is 20.9. The Bertz CT molecular complexity index is 411. The first kappa shape index (κ1) is 12.0. The highest BCUT2D eigenvalue weighted by Crippen LogP contribution is 2.36. The molecule has 1 aromatic carbocycles. The molecular formula is C15H20FNO. The van der Waals surface area contributed by atoms with E-state index in [0.29, 0.717) is 24.2 Å². The predicted molar refractivity (Wildman–Crippen MR) is 69.5 cm³/mol. The van der Waals surface area contributed by atoms with E-state index in [2.05, 4.69) is 5.32 Å². The molecule has 0 amide bonds. The maximum atomic E-state index is 13.9. The Morgan fingerprint density at radius 1 is 1.17 bits per heavy atom. The van der Waals surface area contributed by atoms with Crippen molar-refractivity contribution in [2.45, 2.75) is 31.6 Å². The van der Waals surface area contributed by atoms with Crippen molar-refractivity contribution >= 4 is 0 Å². The quantitative estimate of drug-likeness (QED) is 0.885. The summed E-state index contributed by atoms with van der Waals surface area (Å²) in [6.45, 7) is 2.71. The SMILES string of the molecule is Fc1cccc(C2CCNCC2)c1OCC1CC1. The zero-order valence-electron chi connectivity index (χ0n) is 10.6. The highest BCUT2D eigenvalue weighted by Gasteiger charge is 2.25. The molecule has 0 spiro atoms. The van der Waals surface area contributed by atoms with Crippen molar-refractivity contribution in [2.75, 3.05) is 19.7 Å². The molecule has 1 saturated carbocycles. The Balaban J connectivity index is 1.79. The van der Waals surface area contributed by atoms with E-state index in [0.717, 1.165) is 31.5 Å². The maximum Gasteiger partial charge on any atom is 0.165 e. The van der Waals surface area contributed by atoms with Crippen molar-refractivity contribution in [3.63, 3.8) is 0 Å². The minimum atomic E-state index is -0.202. The molecule has 0 radical (unpaired) electrons. The average molecular weight is 249 g/mol. The number of hydrogen-bond donors (Lipinski definition) is 1. The minimum Gasteiger partial charge on any atom is -0.490 e. The standard InChI is InChI=1S/C15H20FNO/c16-14-3-1-2-13(12-6-8-17-9-7-12)15(14)18-10-11-4-5-11/h1-3,11-12,17H,4-10H2. The second kappa shape index (κ2) is 5.27. The highest BCUT2D eigenvalue weighted by atomic mass is 19.1. The number of benzene rings is 1. The molecule has 3 rings (SSSR count). The highest BCUT2D eigenvalue weighted by molar-refractivity contribution is 5.38. The summed E-state index contributed by atoms with van der Waals surface area (Å²) in [5, 5.41) is 3.34. The molecule has 1 aliphatic heterocycles. The zero-order valence-corrected chi connectivity index (χ0v) is 10.6. The summed E-state index contributed by atoms with van der Waals surface area (Å²) >= 11 is 0.